The average Bonchev–Trinajstić information content (AvgIpc) is 3.44. The van der Waals surface area contributed by atoms with Crippen molar-refractivity contribution in [3.05, 3.63) is 88.0 Å². The fourth-order valence-corrected chi connectivity index (χ4v) is 5.30. The summed E-state index contributed by atoms with van der Waals surface area (Å²) < 4.78 is 16.0. The number of aryl methyl sites for hydroxylation is 2. The number of methoxy groups -OCH3 is 1. The molecule has 1 saturated heterocycles. The van der Waals surface area contributed by atoms with Gasteiger partial charge in [0, 0.05) is 5.56 Å². The number of ketones is 1. The zero-order valence-electron chi connectivity index (χ0n) is 22.0. The topological polar surface area (TPSA) is 115 Å². The molecule has 10 heteroatoms. The second kappa shape index (κ2) is 11.5. The Balaban J connectivity index is 1.88. The Morgan fingerprint density at radius 1 is 1.18 bits per heavy atom. The molecule has 0 bridgehead atoms. The van der Waals surface area contributed by atoms with Crippen LogP contribution in [0.1, 0.15) is 45.0 Å². The highest BCUT2D eigenvalue weighted by Gasteiger charge is 2.48. The maximum absolute atomic E-state index is 13.5. The van der Waals surface area contributed by atoms with Crippen LogP contribution in [0.5, 0.6) is 11.5 Å². The number of carbonyl (C=O) groups excluding carboxylic acids is 3. The van der Waals surface area contributed by atoms with Gasteiger partial charge in [-0.1, -0.05) is 36.1 Å². The molecule has 9 nitrogen and oxygen atoms in total. The molecule has 0 radical (unpaired) electrons. The van der Waals surface area contributed by atoms with E-state index in [0.29, 0.717) is 34.9 Å². The molecule has 202 valence electrons. The van der Waals surface area contributed by atoms with Crippen molar-refractivity contribution in [3.8, 4) is 11.5 Å². The summed E-state index contributed by atoms with van der Waals surface area (Å²) in [7, 11) is 1.54. The zero-order chi connectivity index (χ0) is 28.3. The number of esters is 1. The smallest absolute Gasteiger partial charge is 0.350 e. The predicted octanol–water partition coefficient (Wildman–Crippen LogP) is 5.14. The Labute approximate surface area is 230 Å². The molecule has 1 unspecified atom stereocenters. The number of anilines is 1. The first-order chi connectivity index (χ1) is 18.7. The highest BCUT2D eigenvalue weighted by molar-refractivity contribution is 7.17. The maximum Gasteiger partial charge on any atom is 0.350 e. The lowest BCUT2D eigenvalue weighted by atomic mass is 9.95. The van der Waals surface area contributed by atoms with Gasteiger partial charge in [0.15, 0.2) is 5.13 Å². The summed E-state index contributed by atoms with van der Waals surface area (Å²) in [6, 6.07) is 10.9. The van der Waals surface area contributed by atoms with Gasteiger partial charge in [0.25, 0.3) is 5.78 Å². The van der Waals surface area contributed by atoms with Crippen LogP contribution in [-0.4, -0.2) is 48.1 Å². The molecule has 1 aliphatic rings. The normalized spacial score (nSPS) is 16.3. The van der Waals surface area contributed by atoms with Crippen molar-refractivity contribution < 1.29 is 33.7 Å². The Hall–Kier alpha value is -4.44. The van der Waals surface area contributed by atoms with Gasteiger partial charge in [-0.25, -0.2) is 9.78 Å². The van der Waals surface area contributed by atoms with Crippen LogP contribution in [0.3, 0.4) is 0 Å². The summed E-state index contributed by atoms with van der Waals surface area (Å²) in [6.07, 6.45) is 1.44. The molecular weight excluding hydrogens is 520 g/mol. The van der Waals surface area contributed by atoms with E-state index >= 15 is 0 Å². The van der Waals surface area contributed by atoms with E-state index in [1.807, 2.05) is 13.8 Å². The van der Waals surface area contributed by atoms with Crippen molar-refractivity contribution in [2.24, 2.45) is 0 Å². The summed E-state index contributed by atoms with van der Waals surface area (Å²) >= 11 is 0.935. The number of ether oxygens (including phenoxy) is 3. The van der Waals surface area contributed by atoms with Gasteiger partial charge in [0.2, 0.25) is 0 Å². The van der Waals surface area contributed by atoms with E-state index in [0.717, 1.165) is 16.9 Å². The standard InChI is InChI=1S/C29H28N2O7S/c1-6-14-38-28(35)26-17(4)30-29(39-26)31-23(18-8-11-20(12-9-18)37-7-2)22(25(33)27(31)34)24(32)19-10-13-21(36-5)16(3)15-19/h6,8-13,15,23,32H,1,7,14H2,2-5H3/b24-22+. The second-order valence-corrected chi connectivity index (χ2v) is 9.63. The lowest BCUT2D eigenvalue weighted by molar-refractivity contribution is -0.132. The minimum Gasteiger partial charge on any atom is -0.507 e. The minimum absolute atomic E-state index is 0.0173. The van der Waals surface area contributed by atoms with Gasteiger partial charge in [0.05, 0.1) is 31.0 Å². The lowest BCUT2D eigenvalue weighted by Crippen LogP contribution is -2.29. The number of amides is 1. The molecule has 0 spiro atoms. The van der Waals surface area contributed by atoms with E-state index in [-0.39, 0.29) is 27.9 Å². The quantitative estimate of drug-likeness (QED) is 0.129. The number of thiazole rings is 1. The highest BCUT2D eigenvalue weighted by atomic mass is 32.1. The van der Waals surface area contributed by atoms with Crippen molar-refractivity contribution >= 4 is 39.9 Å². The first kappa shape index (κ1) is 27.6. The van der Waals surface area contributed by atoms with Crippen LogP contribution in [0, 0.1) is 13.8 Å². The summed E-state index contributed by atoms with van der Waals surface area (Å²) in [4.78, 5) is 45.3. The molecule has 39 heavy (non-hydrogen) atoms. The van der Waals surface area contributed by atoms with Gasteiger partial charge < -0.3 is 19.3 Å². The largest absolute Gasteiger partial charge is 0.507 e. The summed E-state index contributed by atoms with van der Waals surface area (Å²) in [5, 5.41) is 11.5. The molecule has 1 aliphatic heterocycles. The molecular formula is C29H28N2O7S. The van der Waals surface area contributed by atoms with Crippen LogP contribution in [0.25, 0.3) is 5.76 Å². The van der Waals surface area contributed by atoms with E-state index in [1.165, 1.54) is 18.1 Å². The van der Waals surface area contributed by atoms with Gasteiger partial charge in [-0.2, -0.15) is 0 Å². The number of aromatic nitrogens is 1. The Bertz CT molecular complexity index is 1470. The van der Waals surface area contributed by atoms with E-state index in [2.05, 4.69) is 11.6 Å². The van der Waals surface area contributed by atoms with Gasteiger partial charge in [0.1, 0.15) is 28.7 Å². The van der Waals surface area contributed by atoms with Crippen molar-refractivity contribution in [1.82, 2.24) is 4.98 Å². The predicted molar refractivity (Wildman–Crippen MR) is 147 cm³/mol. The van der Waals surface area contributed by atoms with Crippen LogP contribution in [0.15, 0.2) is 60.7 Å². The van der Waals surface area contributed by atoms with Gasteiger partial charge in [-0.3, -0.25) is 14.5 Å². The molecule has 2 heterocycles. The molecule has 2 aromatic carbocycles. The fourth-order valence-electron chi connectivity index (χ4n) is 4.31. The number of aliphatic hydroxyl groups is 1. The third-order valence-corrected chi connectivity index (χ3v) is 7.27. The van der Waals surface area contributed by atoms with Crippen molar-refractivity contribution in [2.75, 3.05) is 25.2 Å². The number of Topliss-reactive ketones (excluding diaryl/α,β-unsaturated/α-hetero) is 1. The van der Waals surface area contributed by atoms with E-state index in [1.54, 1.807) is 49.4 Å². The Morgan fingerprint density at radius 3 is 2.51 bits per heavy atom. The SMILES string of the molecule is C=CCOC(=O)c1sc(N2C(=O)C(=O)/C(=C(/O)c3ccc(OC)c(C)c3)C2c2ccc(OCC)cc2)nc1C. The minimum atomic E-state index is -1.01. The summed E-state index contributed by atoms with van der Waals surface area (Å²) in [5.74, 6) is -1.46. The van der Waals surface area contributed by atoms with Crippen molar-refractivity contribution in [2.45, 2.75) is 26.8 Å². The summed E-state index contributed by atoms with van der Waals surface area (Å²) in [6.45, 7) is 9.31. The van der Waals surface area contributed by atoms with Crippen LogP contribution < -0.4 is 14.4 Å². The molecule has 1 amide bonds. The maximum atomic E-state index is 13.5. The van der Waals surface area contributed by atoms with Crippen molar-refractivity contribution in [3.63, 3.8) is 0 Å². The molecule has 3 aromatic rings. The zero-order valence-corrected chi connectivity index (χ0v) is 22.8. The van der Waals surface area contributed by atoms with Gasteiger partial charge in [-0.15, -0.1) is 0 Å². The lowest BCUT2D eigenvalue weighted by Gasteiger charge is -2.23. The number of nitrogens with zero attached hydrogens (tertiary/aromatic N) is 2. The first-order valence-corrected chi connectivity index (χ1v) is 13.0. The van der Waals surface area contributed by atoms with E-state index in [4.69, 9.17) is 14.2 Å². The fraction of sp³-hybridized carbons (Fsp3) is 0.241. The van der Waals surface area contributed by atoms with Crippen LogP contribution in [0.2, 0.25) is 0 Å². The van der Waals surface area contributed by atoms with Crippen LogP contribution in [-0.2, 0) is 14.3 Å². The second-order valence-electron chi connectivity index (χ2n) is 8.65. The summed E-state index contributed by atoms with van der Waals surface area (Å²) in [5.41, 5.74) is 1.89. The van der Waals surface area contributed by atoms with Crippen LogP contribution >= 0.6 is 11.3 Å². The number of benzene rings is 2. The molecule has 1 atom stereocenters. The van der Waals surface area contributed by atoms with Gasteiger partial charge >= 0.3 is 11.9 Å². The van der Waals surface area contributed by atoms with E-state index in [9.17, 15) is 19.5 Å². The first-order valence-electron chi connectivity index (χ1n) is 12.2. The van der Waals surface area contributed by atoms with Crippen LogP contribution in [0.4, 0.5) is 5.13 Å². The number of hydrogen-bond acceptors (Lipinski definition) is 9. The molecule has 0 saturated carbocycles. The third-order valence-electron chi connectivity index (χ3n) is 6.13. The highest BCUT2D eigenvalue weighted by Crippen LogP contribution is 2.44. The average molecular weight is 549 g/mol. The molecule has 0 aliphatic carbocycles. The number of carbonyl (C=O) groups is 3. The molecule has 1 fully saturated rings. The molecule has 1 N–H and O–H groups in total. The number of hydrogen-bond donors (Lipinski definition) is 1. The third kappa shape index (κ3) is 5.28. The van der Waals surface area contributed by atoms with Gasteiger partial charge in [-0.05, 0) is 62.2 Å². The number of rotatable bonds is 9. The molecule has 4 rings (SSSR count). The van der Waals surface area contributed by atoms with E-state index < -0.39 is 23.7 Å². The Kier molecular flexibility index (Phi) is 8.15. The monoisotopic (exact) mass is 548 g/mol. The van der Waals surface area contributed by atoms with Crippen molar-refractivity contribution in [1.29, 1.82) is 0 Å². The Morgan fingerprint density at radius 2 is 1.90 bits per heavy atom. The number of aliphatic hydroxyl groups excluding tert-OH is 1. The molecule has 1 aromatic heterocycles.